The summed E-state index contributed by atoms with van der Waals surface area (Å²) in [6.45, 7) is -0.968. The topological polar surface area (TPSA) is 182 Å². The van der Waals surface area contributed by atoms with Crippen molar-refractivity contribution in [3.63, 3.8) is 0 Å². The minimum atomic E-state index is -2.79. The number of aliphatic carboxylic acids is 1. The molecule has 204 valence electrons. The highest BCUT2D eigenvalue weighted by atomic mass is 32.2. The van der Waals surface area contributed by atoms with E-state index in [1.165, 1.54) is 17.8 Å². The first-order valence-electron chi connectivity index (χ1n) is 11.3. The number of carbonyl (C=O) groups is 3. The van der Waals surface area contributed by atoms with Crippen LogP contribution in [-0.4, -0.2) is 76.2 Å². The number of alkyl halides is 2. The van der Waals surface area contributed by atoms with Crippen molar-refractivity contribution < 1.29 is 37.7 Å². The molecule has 0 spiro atoms. The molecule has 5 heterocycles. The number of hydrogen-bond donors (Lipinski definition) is 3. The Hall–Kier alpha value is -4.19. The maximum absolute atomic E-state index is 13.3. The Bertz CT molecular complexity index is 1540. The summed E-state index contributed by atoms with van der Waals surface area (Å²) in [6.07, 6.45) is 2.60. The van der Waals surface area contributed by atoms with Gasteiger partial charge in [0.15, 0.2) is 5.13 Å². The van der Waals surface area contributed by atoms with Crippen LogP contribution in [0, 0.1) is 0 Å². The standard InChI is InChI=1S/C21H19F2N9O5S2/c1-2-37-28-11(14-27-21(24)39-29-14)16(33)26-12-17(34)32-13(19(35)36)9(7-38-18(12)32)6-30-5-3-4-10-15(30)25-8-31(10)20(22)23/h3-5,8,12,18,20H,2,6-7H2,1H3,(H3-,24,26,27,29,33,35,36)/p+1/b28-11-. The Morgan fingerprint density at radius 2 is 2.23 bits per heavy atom. The summed E-state index contributed by atoms with van der Waals surface area (Å²) in [4.78, 5) is 52.4. The molecule has 3 aromatic heterocycles. The summed E-state index contributed by atoms with van der Waals surface area (Å²) in [5.41, 5.74) is 5.88. The number of aromatic nitrogens is 5. The van der Waals surface area contributed by atoms with Crippen LogP contribution in [0.2, 0.25) is 0 Å². The van der Waals surface area contributed by atoms with E-state index in [2.05, 4.69) is 24.8 Å². The molecule has 39 heavy (non-hydrogen) atoms. The predicted octanol–water partition coefficient (Wildman–Crippen LogP) is 0.332. The number of carboxylic acids is 1. The highest BCUT2D eigenvalue weighted by Crippen LogP contribution is 2.40. The fourth-order valence-corrected chi connectivity index (χ4v) is 5.97. The zero-order valence-electron chi connectivity index (χ0n) is 20.0. The van der Waals surface area contributed by atoms with Gasteiger partial charge in [-0.1, -0.05) is 5.16 Å². The average molecular weight is 581 g/mol. The second-order valence-corrected chi connectivity index (χ2v) is 10.1. The van der Waals surface area contributed by atoms with Crippen molar-refractivity contribution in [1.29, 1.82) is 0 Å². The molecule has 18 heteroatoms. The van der Waals surface area contributed by atoms with Crippen LogP contribution in [0.25, 0.3) is 11.2 Å². The molecule has 14 nitrogen and oxygen atoms in total. The van der Waals surface area contributed by atoms with Gasteiger partial charge in [-0.05, 0) is 24.0 Å². The molecule has 3 aromatic rings. The number of pyridine rings is 1. The molecular weight excluding hydrogens is 560 g/mol. The van der Waals surface area contributed by atoms with Crippen molar-refractivity contribution in [2.45, 2.75) is 31.4 Å². The van der Waals surface area contributed by atoms with E-state index >= 15 is 0 Å². The fraction of sp³-hybridized carbons (Fsp3) is 0.333. The number of β-lactam (4-membered cyclic amide) rings is 1. The number of anilines is 1. The molecule has 0 saturated carbocycles. The third kappa shape index (κ3) is 4.76. The average Bonchev–Trinajstić information content (AvgIpc) is 3.54. The Balaban J connectivity index is 1.38. The lowest BCUT2D eigenvalue weighted by atomic mass is 10.0. The van der Waals surface area contributed by atoms with E-state index in [1.54, 1.807) is 23.8 Å². The van der Waals surface area contributed by atoms with E-state index in [0.29, 0.717) is 10.1 Å². The first-order chi connectivity index (χ1) is 18.7. The maximum Gasteiger partial charge on any atom is 0.352 e. The maximum atomic E-state index is 13.3. The molecule has 0 aliphatic carbocycles. The third-order valence-corrected chi connectivity index (χ3v) is 7.75. The molecule has 2 atom stereocenters. The minimum absolute atomic E-state index is 0.00182. The number of nitrogens with two attached hydrogens (primary N) is 1. The van der Waals surface area contributed by atoms with Crippen molar-refractivity contribution in [3.05, 3.63) is 41.8 Å². The Kier molecular flexibility index (Phi) is 7.13. The summed E-state index contributed by atoms with van der Waals surface area (Å²) in [6, 6.07) is 1.99. The number of nitrogen functional groups attached to an aromatic ring is 1. The molecule has 1 fully saturated rings. The van der Waals surface area contributed by atoms with Crippen LogP contribution in [0.15, 0.2) is 41.1 Å². The van der Waals surface area contributed by atoms with E-state index in [0.717, 1.165) is 22.8 Å². The van der Waals surface area contributed by atoms with Crippen LogP contribution in [0.3, 0.4) is 0 Å². The highest BCUT2D eigenvalue weighted by Gasteiger charge is 2.54. The van der Waals surface area contributed by atoms with E-state index in [4.69, 9.17) is 10.6 Å². The number of imidazole rings is 1. The SMILES string of the molecule is CCO/N=C(\C(=O)NC1C(=O)N2C(C(=O)O)=C(C[n+]3cccc4c3ncn4C(F)F)CSC12)c1nsc(N)n1. The Morgan fingerprint density at radius 1 is 1.44 bits per heavy atom. The van der Waals surface area contributed by atoms with Gasteiger partial charge >= 0.3 is 18.2 Å². The second-order valence-electron chi connectivity index (χ2n) is 8.21. The number of hydrogen-bond acceptors (Lipinski definition) is 11. The zero-order chi connectivity index (χ0) is 27.8. The molecule has 0 bridgehead atoms. The molecular formula is C21H20F2N9O5S2+. The van der Waals surface area contributed by atoms with Gasteiger partial charge in [-0.15, -0.1) is 11.8 Å². The predicted molar refractivity (Wildman–Crippen MR) is 133 cm³/mol. The number of nitrogens with one attached hydrogen (secondary N) is 1. The van der Waals surface area contributed by atoms with E-state index in [1.807, 2.05) is 0 Å². The quantitative estimate of drug-likeness (QED) is 0.138. The second kappa shape index (κ2) is 10.5. The summed E-state index contributed by atoms with van der Waals surface area (Å²) in [5, 5.41) is 15.7. The number of fused-ring (bicyclic) bond motifs is 2. The number of carboxylic acid groups (broad SMARTS) is 1. The van der Waals surface area contributed by atoms with Gasteiger partial charge < -0.3 is 21.0 Å². The van der Waals surface area contributed by atoms with Gasteiger partial charge in [0.1, 0.15) is 35.8 Å². The van der Waals surface area contributed by atoms with Crippen molar-refractivity contribution in [2.24, 2.45) is 5.16 Å². The lowest BCUT2D eigenvalue weighted by Crippen LogP contribution is -2.71. The van der Waals surface area contributed by atoms with Crippen molar-refractivity contribution >= 4 is 63.1 Å². The van der Waals surface area contributed by atoms with Gasteiger partial charge in [0.25, 0.3) is 11.8 Å². The number of halogens is 2. The molecule has 2 amide bonds. The van der Waals surface area contributed by atoms with E-state index < -0.39 is 35.7 Å². The zero-order valence-corrected chi connectivity index (χ0v) is 21.7. The van der Waals surface area contributed by atoms with Gasteiger partial charge in [-0.25, -0.2) is 13.9 Å². The third-order valence-electron chi connectivity index (χ3n) is 5.87. The number of rotatable bonds is 9. The normalized spacial score (nSPS) is 19.3. The molecule has 1 saturated heterocycles. The molecule has 2 unspecified atom stereocenters. The number of nitrogens with zero attached hydrogens (tertiary/aromatic N) is 7. The highest BCUT2D eigenvalue weighted by molar-refractivity contribution is 8.00. The van der Waals surface area contributed by atoms with Gasteiger partial charge in [-0.3, -0.25) is 14.5 Å². The largest absolute Gasteiger partial charge is 0.477 e. The minimum Gasteiger partial charge on any atom is -0.477 e. The lowest BCUT2D eigenvalue weighted by molar-refractivity contribution is -0.664. The van der Waals surface area contributed by atoms with Gasteiger partial charge in [0.2, 0.25) is 17.9 Å². The monoisotopic (exact) mass is 580 g/mol. The van der Waals surface area contributed by atoms with Crippen LogP contribution in [0.1, 0.15) is 19.3 Å². The number of oxime groups is 1. The van der Waals surface area contributed by atoms with Crippen LogP contribution in [0.4, 0.5) is 13.9 Å². The summed E-state index contributed by atoms with van der Waals surface area (Å²) < 4.78 is 32.8. The molecule has 4 N–H and O–H groups in total. The number of carbonyl (C=O) groups excluding carboxylic acids is 2. The number of thioether (sulfide) groups is 1. The Morgan fingerprint density at radius 3 is 2.90 bits per heavy atom. The van der Waals surface area contributed by atoms with Crippen LogP contribution in [-0.2, 0) is 25.8 Å². The summed E-state index contributed by atoms with van der Waals surface area (Å²) in [7, 11) is 0. The van der Waals surface area contributed by atoms with E-state index in [9.17, 15) is 28.3 Å². The van der Waals surface area contributed by atoms with E-state index in [-0.39, 0.29) is 52.4 Å². The van der Waals surface area contributed by atoms with Crippen LogP contribution < -0.4 is 15.6 Å². The van der Waals surface area contributed by atoms with Crippen molar-refractivity contribution in [1.82, 2.24) is 29.1 Å². The first kappa shape index (κ1) is 26.4. The molecule has 2 aliphatic heterocycles. The van der Waals surface area contributed by atoms with Crippen LogP contribution in [0.5, 0.6) is 0 Å². The molecule has 0 radical (unpaired) electrons. The van der Waals surface area contributed by atoms with Crippen LogP contribution >= 0.6 is 23.3 Å². The van der Waals surface area contributed by atoms with Gasteiger partial charge in [0, 0.05) is 22.9 Å². The van der Waals surface area contributed by atoms with Crippen molar-refractivity contribution in [2.75, 3.05) is 18.1 Å². The first-order valence-corrected chi connectivity index (χ1v) is 13.2. The summed E-state index contributed by atoms with van der Waals surface area (Å²) in [5.74, 6) is -2.63. The number of amides is 2. The summed E-state index contributed by atoms with van der Waals surface area (Å²) >= 11 is 2.10. The smallest absolute Gasteiger partial charge is 0.352 e. The molecule has 5 rings (SSSR count). The Labute approximate surface area is 226 Å². The van der Waals surface area contributed by atoms with Gasteiger partial charge in [-0.2, -0.15) is 18.1 Å². The fourth-order valence-electron chi connectivity index (χ4n) is 4.20. The lowest BCUT2D eigenvalue weighted by Gasteiger charge is -2.49. The molecule has 0 aromatic carbocycles. The van der Waals surface area contributed by atoms with Gasteiger partial charge in [0.05, 0.1) is 6.20 Å². The molecule has 2 aliphatic rings. The van der Waals surface area contributed by atoms with Crippen molar-refractivity contribution in [3.8, 4) is 0 Å².